The second-order valence-electron chi connectivity index (χ2n) is 6.01. The Labute approximate surface area is 123 Å². The molecular weight excluding hydrogens is 264 g/mol. The van der Waals surface area contributed by atoms with E-state index in [2.05, 4.69) is 14.9 Å². The standard InChI is InChI=1S/C16H18N4O/c21-15(20-9-2-7-16(20)5-1-6-16)14-4-3-13(11-18-14)19-10-8-17-12-19/h3-4,8,10-12H,1-2,5-7,9H2. The molecule has 1 amide bonds. The molecule has 0 unspecified atom stereocenters. The van der Waals surface area contributed by atoms with E-state index in [1.165, 1.54) is 6.42 Å². The van der Waals surface area contributed by atoms with Crippen molar-refractivity contribution >= 4 is 5.91 Å². The van der Waals surface area contributed by atoms with Crippen LogP contribution in [0.1, 0.15) is 42.6 Å². The Balaban J connectivity index is 1.57. The summed E-state index contributed by atoms with van der Waals surface area (Å²) in [5.74, 6) is 0.0874. The van der Waals surface area contributed by atoms with Gasteiger partial charge in [-0.2, -0.15) is 0 Å². The van der Waals surface area contributed by atoms with Gasteiger partial charge in [0.15, 0.2) is 0 Å². The van der Waals surface area contributed by atoms with Crippen molar-refractivity contribution in [3.8, 4) is 5.69 Å². The third-order valence-electron chi connectivity index (χ3n) is 4.90. The third-order valence-corrected chi connectivity index (χ3v) is 4.90. The number of aromatic nitrogens is 3. The lowest BCUT2D eigenvalue weighted by atomic mass is 9.75. The summed E-state index contributed by atoms with van der Waals surface area (Å²) in [5, 5.41) is 0. The van der Waals surface area contributed by atoms with Crippen LogP contribution in [0.25, 0.3) is 5.69 Å². The van der Waals surface area contributed by atoms with Crippen molar-refractivity contribution in [3.05, 3.63) is 42.7 Å². The van der Waals surface area contributed by atoms with Gasteiger partial charge in [0.25, 0.3) is 5.91 Å². The second kappa shape index (κ2) is 4.69. The zero-order chi connectivity index (χ0) is 14.3. The van der Waals surface area contributed by atoms with Crippen molar-refractivity contribution in [2.75, 3.05) is 6.54 Å². The Morgan fingerprint density at radius 2 is 2.05 bits per heavy atom. The summed E-state index contributed by atoms with van der Waals surface area (Å²) >= 11 is 0. The number of hydrogen-bond acceptors (Lipinski definition) is 3. The minimum atomic E-state index is 0.0874. The maximum Gasteiger partial charge on any atom is 0.272 e. The van der Waals surface area contributed by atoms with Crippen LogP contribution in [0.3, 0.4) is 0 Å². The molecule has 1 saturated carbocycles. The quantitative estimate of drug-likeness (QED) is 0.850. The van der Waals surface area contributed by atoms with Crippen molar-refractivity contribution in [2.45, 2.75) is 37.6 Å². The monoisotopic (exact) mass is 282 g/mol. The van der Waals surface area contributed by atoms with E-state index in [1.54, 1.807) is 18.7 Å². The Bertz CT molecular complexity index is 643. The predicted molar refractivity (Wildman–Crippen MR) is 78.2 cm³/mol. The van der Waals surface area contributed by atoms with Gasteiger partial charge in [-0.1, -0.05) is 0 Å². The Hall–Kier alpha value is -2.17. The van der Waals surface area contributed by atoms with Gasteiger partial charge in [0.05, 0.1) is 18.2 Å². The fourth-order valence-corrected chi connectivity index (χ4v) is 3.58. The number of hydrogen-bond donors (Lipinski definition) is 0. The summed E-state index contributed by atoms with van der Waals surface area (Å²) in [6.07, 6.45) is 12.9. The van der Waals surface area contributed by atoms with Crippen LogP contribution >= 0.6 is 0 Å². The first-order valence-electron chi connectivity index (χ1n) is 7.55. The number of carbonyl (C=O) groups excluding carboxylic acids is 1. The van der Waals surface area contributed by atoms with Crippen LogP contribution in [-0.4, -0.2) is 37.4 Å². The Morgan fingerprint density at radius 3 is 2.67 bits per heavy atom. The van der Waals surface area contributed by atoms with E-state index in [4.69, 9.17) is 0 Å². The molecule has 0 aromatic carbocycles. The van der Waals surface area contributed by atoms with Crippen molar-refractivity contribution < 1.29 is 4.79 Å². The average Bonchev–Trinajstić information content (AvgIpc) is 3.15. The van der Waals surface area contributed by atoms with Crippen LogP contribution in [0.5, 0.6) is 0 Å². The van der Waals surface area contributed by atoms with Crippen LogP contribution in [0.4, 0.5) is 0 Å². The van der Waals surface area contributed by atoms with Crippen LogP contribution < -0.4 is 0 Å². The van der Waals surface area contributed by atoms with E-state index in [-0.39, 0.29) is 11.4 Å². The number of amides is 1. The van der Waals surface area contributed by atoms with Gasteiger partial charge >= 0.3 is 0 Å². The van der Waals surface area contributed by atoms with Gasteiger partial charge in [-0.25, -0.2) is 9.97 Å². The highest BCUT2D eigenvalue weighted by atomic mass is 16.2. The molecule has 0 radical (unpaired) electrons. The number of pyridine rings is 1. The molecule has 0 N–H and O–H groups in total. The van der Waals surface area contributed by atoms with E-state index in [0.29, 0.717) is 5.69 Å². The van der Waals surface area contributed by atoms with Crippen molar-refractivity contribution in [1.29, 1.82) is 0 Å². The van der Waals surface area contributed by atoms with E-state index >= 15 is 0 Å². The molecule has 2 aromatic heterocycles. The molecule has 21 heavy (non-hydrogen) atoms. The van der Waals surface area contributed by atoms with Crippen LogP contribution in [0.2, 0.25) is 0 Å². The third kappa shape index (κ3) is 1.95. The lowest BCUT2D eigenvalue weighted by Gasteiger charge is -2.45. The van der Waals surface area contributed by atoms with E-state index in [1.807, 2.05) is 22.9 Å². The SMILES string of the molecule is O=C(c1ccc(-n2ccnc2)cn1)N1CCCC12CCC2. The van der Waals surface area contributed by atoms with Gasteiger partial charge < -0.3 is 9.47 Å². The van der Waals surface area contributed by atoms with E-state index < -0.39 is 0 Å². The largest absolute Gasteiger partial charge is 0.332 e. The van der Waals surface area contributed by atoms with Gasteiger partial charge in [0.2, 0.25) is 0 Å². The highest BCUT2D eigenvalue weighted by Crippen LogP contribution is 2.45. The maximum absolute atomic E-state index is 12.7. The number of imidazole rings is 1. The average molecular weight is 282 g/mol. The molecule has 3 heterocycles. The topological polar surface area (TPSA) is 51.0 Å². The van der Waals surface area contributed by atoms with Gasteiger partial charge in [-0.3, -0.25) is 4.79 Å². The minimum Gasteiger partial charge on any atom is -0.332 e. The molecule has 1 spiro atoms. The van der Waals surface area contributed by atoms with E-state index in [0.717, 1.165) is 37.9 Å². The molecule has 0 atom stereocenters. The molecule has 4 rings (SSSR count). The van der Waals surface area contributed by atoms with Gasteiger partial charge in [0, 0.05) is 24.5 Å². The maximum atomic E-state index is 12.7. The second-order valence-corrected chi connectivity index (χ2v) is 6.01. The first-order valence-corrected chi connectivity index (χ1v) is 7.55. The molecule has 1 aliphatic carbocycles. The fourth-order valence-electron chi connectivity index (χ4n) is 3.58. The highest BCUT2D eigenvalue weighted by molar-refractivity contribution is 5.93. The van der Waals surface area contributed by atoms with Crippen LogP contribution in [0, 0.1) is 0 Å². The predicted octanol–water partition coefficient (Wildman–Crippen LogP) is 2.43. The van der Waals surface area contributed by atoms with Gasteiger partial charge in [-0.15, -0.1) is 0 Å². The molecule has 108 valence electrons. The summed E-state index contributed by atoms with van der Waals surface area (Å²) < 4.78 is 1.88. The van der Waals surface area contributed by atoms with Gasteiger partial charge in [-0.05, 0) is 44.2 Å². The first kappa shape index (κ1) is 12.6. The Kier molecular flexibility index (Phi) is 2.80. The zero-order valence-electron chi connectivity index (χ0n) is 11.9. The minimum absolute atomic E-state index is 0.0874. The summed E-state index contributed by atoms with van der Waals surface area (Å²) in [4.78, 5) is 23.1. The molecule has 5 heteroatoms. The molecule has 1 aliphatic heterocycles. The van der Waals surface area contributed by atoms with Crippen molar-refractivity contribution in [1.82, 2.24) is 19.4 Å². The van der Waals surface area contributed by atoms with E-state index in [9.17, 15) is 4.79 Å². The number of likely N-dealkylation sites (tertiary alicyclic amines) is 1. The number of nitrogens with zero attached hydrogens (tertiary/aromatic N) is 4. The smallest absolute Gasteiger partial charge is 0.272 e. The molecule has 2 aliphatic rings. The highest BCUT2D eigenvalue weighted by Gasteiger charge is 2.47. The summed E-state index contributed by atoms with van der Waals surface area (Å²) in [6, 6.07) is 3.74. The number of carbonyl (C=O) groups is 1. The molecule has 5 nitrogen and oxygen atoms in total. The summed E-state index contributed by atoms with van der Waals surface area (Å²) in [5.41, 5.74) is 1.62. The fraction of sp³-hybridized carbons (Fsp3) is 0.438. The zero-order valence-corrected chi connectivity index (χ0v) is 11.9. The van der Waals surface area contributed by atoms with Crippen LogP contribution in [0.15, 0.2) is 37.1 Å². The molecular formula is C16H18N4O. The Morgan fingerprint density at radius 1 is 1.19 bits per heavy atom. The first-order chi connectivity index (χ1) is 10.3. The molecule has 1 saturated heterocycles. The lowest BCUT2D eigenvalue weighted by Crippen LogP contribution is -2.52. The normalized spacial score (nSPS) is 19.7. The van der Waals surface area contributed by atoms with Gasteiger partial charge in [0.1, 0.15) is 5.69 Å². The summed E-state index contributed by atoms with van der Waals surface area (Å²) in [7, 11) is 0. The van der Waals surface area contributed by atoms with Crippen LogP contribution in [-0.2, 0) is 0 Å². The molecule has 0 bridgehead atoms. The summed E-state index contributed by atoms with van der Waals surface area (Å²) in [6.45, 7) is 0.879. The molecule has 2 fully saturated rings. The van der Waals surface area contributed by atoms with Crippen molar-refractivity contribution in [2.24, 2.45) is 0 Å². The van der Waals surface area contributed by atoms with Crippen molar-refractivity contribution in [3.63, 3.8) is 0 Å². The molecule has 2 aromatic rings. The lowest BCUT2D eigenvalue weighted by molar-refractivity contribution is 0.0361. The number of rotatable bonds is 2.